The summed E-state index contributed by atoms with van der Waals surface area (Å²) >= 11 is 12.2. The lowest BCUT2D eigenvalue weighted by atomic mass is 10.1. The van der Waals surface area contributed by atoms with Gasteiger partial charge in [0.25, 0.3) is 11.1 Å². The minimum atomic E-state index is -0.549. The van der Waals surface area contributed by atoms with Crippen molar-refractivity contribution in [2.24, 2.45) is 0 Å². The lowest BCUT2D eigenvalue weighted by Crippen LogP contribution is -2.27. The van der Waals surface area contributed by atoms with Crippen molar-refractivity contribution >= 4 is 85.1 Å². The molecule has 0 aromatic heterocycles. The molecule has 1 aliphatic heterocycles. The first kappa shape index (κ1) is 26.7. The summed E-state index contributed by atoms with van der Waals surface area (Å²) in [5.74, 6) is -0.281. The second-order valence-electron chi connectivity index (χ2n) is 7.55. The fraction of sp³-hybridized carbons (Fsp3) is 0.115. The quantitative estimate of drug-likeness (QED) is 0.110. The van der Waals surface area contributed by atoms with Gasteiger partial charge >= 0.3 is 5.97 Å². The molecule has 4 rings (SSSR count). The molecule has 1 aliphatic rings. The molecular formula is C26H18BrClINO5S. The first-order valence-electron chi connectivity index (χ1n) is 10.7. The van der Waals surface area contributed by atoms with Gasteiger partial charge in [0.05, 0.1) is 27.2 Å². The topological polar surface area (TPSA) is 72.9 Å². The highest BCUT2D eigenvalue weighted by Gasteiger charge is 2.35. The van der Waals surface area contributed by atoms with E-state index in [0.717, 1.165) is 21.8 Å². The first-order valence-corrected chi connectivity index (χ1v) is 13.8. The van der Waals surface area contributed by atoms with Gasteiger partial charge < -0.3 is 9.47 Å². The van der Waals surface area contributed by atoms with Crippen LogP contribution in [0.25, 0.3) is 6.08 Å². The zero-order valence-corrected chi connectivity index (χ0v) is 24.1. The first-order chi connectivity index (χ1) is 17.2. The molecule has 0 N–H and O–H groups in total. The average molecular weight is 699 g/mol. The van der Waals surface area contributed by atoms with Crippen molar-refractivity contribution in [1.29, 1.82) is 0 Å². The number of imide groups is 1. The molecule has 0 saturated carbocycles. The van der Waals surface area contributed by atoms with Crippen LogP contribution in [-0.4, -0.2) is 28.6 Å². The Balaban J connectivity index is 1.57. The monoisotopic (exact) mass is 697 g/mol. The summed E-state index contributed by atoms with van der Waals surface area (Å²) in [4.78, 5) is 39.7. The second kappa shape index (κ2) is 11.8. The number of benzene rings is 3. The Kier molecular flexibility index (Phi) is 8.76. The van der Waals surface area contributed by atoms with Gasteiger partial charge in [-0.15, -0.1) is 0 Å². The number of ether oxygens (including phenoxy) is 2. The van der Waals surface area contributed by atoms with Crippen LogP contribution in [0.4, 0.5) is 4.79 Å². The molecule has 36 heavy (non-hydrogen) atoms. The highest BCUT2D eigenvalue weighted by molar-refractivity contribution is 14.1. The van der Waals surface area contributed by atoms with Crippen molar-refractivity contribution in [2.45, 2.75) is 13.5 Å². The Hall–Kier alpha value is -2.34. The van der Waals surface area contributed by atoms with E-state index in [9.17, 15) is 14.4 Å². The van der Waals surface area contributed by atoms with Crippen molar-refractivity contribution in [3.63, 3.8) is 0 Å². The molecule has 2 amide bonds. The van der Waals surface area contributed by atoms with Crippen molar-refractivity contribution in [1.82, 2.24) is 4.90 Å². The fourth-order valence-electron chi connectivity index (χ4n) is 3.33. The maximum atomic E-state index is 13.0. The van der Waals surface area contributed by atoms with Gasteiger partial charge in [-0.3, -0.25) is 14.5 Å². The Labute approximate surface area is 239 Å². The zero-order valence-electron chi connectivity index (χ0n) is 18.8. The molecule has 3 aromatic rings. The van der Waals surface area contributed by atoms with Gasteiger partial charge in [0.2, 0.25) is 0 Å². The van der Waals surface area contributed by atoms with Crippen molar-refractivity contribution in [3.05, 3.63) is 95.3 Å². The minimum Gasteiger partial charge on any atom is -0.490 e. The molecule has 0 spiro atoms. The number of amides is 2. The molecule has 184 valence electrons. The summed E-state index contributed by atoms with van der Waals surface area (Å²) in [5.41, 5.74) is 1.84. The van der Waals surface area contributed by atoms with Crippen LogP contribution >= 0.6 is 61.9 Å². The SMILES string of the molecule is CCOc1cc(/C=C2\SC(=O)N(Cc3ccc(Br)cc3)C2=O)cc(I)c1OC(=O)c1ccc(Cl)cc1. The summed E-state index contributed by atoms with van der Waals surface area (Å²) in [6.07, 6.45) is 1.64. The Morgan fingerprint density at radius 1 is 1.11 bits per heavy atom. The predicted octanol–water partition coefficient (Wildman–Crippen LogP) is 7.56. The van der Waals surface area contributed by atoms with E-state index in [4.69, 9.17) is 21.1 Å². The largest absolute Gasteiger partial charge is 0.490 e. The molecule has 0 unspecified atom stereocenters. The van der Waals surface area contributed by atoms with Crippen LogP contribution < -0.4 is 9.47 Å². The number of carbonyl (C=O) groups excluding carboxylic acids is 3. The van der Waals surface area contributed by atoms with E-state index in [1.807, 2.05) is 53.8 Å². The van der Waals surface area contributed by atoms with E-state index in [1.54, 1.807) is 42.5 Å². The number of thioether (sulfide) groups is 1. The zero-order chi connectivity index (χ0) is 25.8. The average Bonchev–Trinajstić information content (AvgIpc) is 3.10. The van der Waals surface area contributed by atoms with Crippen LogP contribution in [0.2, 0.25) is 5.02 Å². The van der Waals surface area contributed by atoms with Crippen LogP contribution in [-0.2, 0) is 11.3 Å². The van der Waals surface area contributed by atoms with Gasteiger partial charge in [0, 0.05) is 9.50 Å². The highest BCUT2D eigenvalue weighted by Crippen LogP contribution is 2.38. The van der Waals surface area contributed by atoms with Crippen molar-refractivity contribution < 1.29 is 23.9 Å². The molecule has 1 fully saturated rings. The number of rotatable bonds is 7. The molecule has 10 heteroatoms. The van der Waals surface area contributed by atoms with Crippen molar-refractivity contribution in [3.8, 4) is 11.5 Å². The van der Waals surface area contributed by atoms with E-state index < -0.39 is 5.97 Å². The van der Waals surface area contributed by atoms with Crippen LogP contribution in [0.15, 0.2) is 70.0 Å². The number of hydrogen-bond acceptors (Lipinski definition) is 6. The highest BCUT2D eigenvalue weighted by atomic mass is 127. The molecule has 1 saturated heterocycles. The molecule has 0 bridgehead atoms. The Bertz CT molecular complexity index is 1360. The van der Waals surface area contributed by atoms with E-state index in [-0.39, 0.29) is 23.4 Å². The van der Waals surface area contributed by atoms with Gasteiger partial charge in [-0.1, -0.05) is 39.7 Å². The van der Waals surface area contributed by atoms with E-state index >= 15 is 0 Å². The molecule has 3 aromatic carbocycles. The lowest BCUT2D eigenvalue weighted by Gasteiger charge is -2.14. The van der Waals surface area contributed by atoms with Crippen LogP contribution in [0.1, 0.15) is 28.4 Å². The smallest absolute Gasteiger partial charge is 0.343 e. The number of nitrogens with zero attached hydrogens (tertiary/aromatic N) is 1. The van der Waals surface area contributed by atoms with Gasteiger partial charge in [0.1, 0.15) is 0 Å². The standard InChI is InChI=1S/C26H18BrClINO5S/c1-2-34-21-12-16(11-20(29)23(21)35-25(32)17-5-9-19(28)10-6-17)13-22-24(31)30(26(33)36-22)14-15-3-7-18(27)8-4-15/h3-13H,2,14H2,1H3/b22-13-. The number of carbonyl (C=O) groups is 3. The van der Waals surface area contributed by atoms with E-state index in [1.165, 1.54) is 4.90 Å². The van der Waals surface area contributed by atoms with Gasteiger partial charge in [-0.25, -0.2) is 4.79 Å². The third kappa shape index (κ3) is 6.31. The third-order valence-corrected chi connectivity index (χ3v) is 7.52. The Morgan fingerprint density at radius 3 is 2.47 bits per heavy atom. The van der Waals surface area contributed by atoms with Crippen molar-refractivity contribution in [2.75, 3.05) is 6.61 Å². The number of hydrogen-bond donors (Lipinski definition) is 0. The predicted molar refractivity (Wildman–Crippen MR) is 152 cm³/mol. The number of halogens is 3. The maximum absolute atomic E-state index is 13.0. The summed E-state index contributed by atoms with van der Waals surface area (Å²) in [7, 11) is 0. The molecule has 0 aliphatic carbocycles. The van der Waals surface area contributed by atoms with Gasteiger partial charge in [-0.2, -0.15) is 0 Å². The lowest BCUT2D eigenvalue weighted by molar-refractivity contribution is -0.123. The Morgan fingerprint density at radius 2 is 1.81 bits per heavy atom. The van der Waals surface area contributed by atoms with E-state index in [2.05, 4.69) is 15.9 Å². The molecule has 1 heterocycles. The van der Waals surface area contributed by atoms with Crippen LogP contribution in [0.5, 0.6) is 11.5 Å². The number of esters is 1. The minimum absolute atomic E-state index is 0.191. The third-order valence-electron chi connectivity index (χ3n) is 5.03. The second-order valence-corrected chi connectivity index (χ2v) is 11.1. The van der Waals surface area contributed by atoms with Gasteiger partial charge in [0.15, 0.2) is 11.5 Å². The summed E-state index contributed by atoms with van der Waals surface area (Å²) in [5, 5.41) is 0.184. The maximum Gasteiger partial charge on any atom is 0.343 e. The molecule has 0 radical (unpaired) electrons. The van der Waals surface area contributed by atoms with Crippen LogP contribution in [0.3, 0.4) is 0 Å². The fourth-order valence-corrected chi connectivity index (χ4v) is 5.30. The molecule has 6 nitrogen and oxygen atoms in total. The molecular weight excluding hydrogens is 681 g/mol. The van der Waals surface area contributed by atoms with E-state index in [0.29, 0.717) is 37.0 Å². The molecule has 0 atom stereocenters. The summed E-state index contributed by atoms with van der Waals surface area (Å²) in [6, 6.07) is 17.3. The van der Waals surface area contributed by atoms with Crippen LogP contribution in [0, 0.1) is 3.57 Å². The van der Waals surface area contributed by atoms with Gasteiger partial charge in [-0.05, 0) is 107 Å². The summed E-state index contributed by atoms with van der Waals surface area (Å²) in [6.45, 7) is 2.35. The summed E-state index contributed by atoms with van der Waals surface area (Å²) < 4.78 is 12.9. The normalized spacial score (nSPS) is 14.4.